The highest BCUT2D eigenvalue weighted by Crippen LogP contribution is 2.21. The Kier molecular flexibility index (Phi) is 5.33. The fraction of sp³-hybridized carbons (Fsp3) is 0.875. The normalized spacial score (nSPS) is 18.3. The summed E-state index contributed by atoms with van der Waals surface area (Å²) in [6, 6.07) is 0. The maximum atomic E-state index is 9.20. The Hall–Kier alpha value is -0.220. The number of aliphatic hydroxyl groups is 1. The number of rotatable bonds is 5. The van der Waals surface area contributed by atoms with E-state index in [0.717, 1.165) is 0 Å². The lowest BCUT2D eigenvalue weighted by Gasteiger charge is -2.18. The Morgan fingerprint density at radius 2 is 2.00 bits per heavy atom. The Bertz CT molecular complexity index is 150. The van der Waals surface area contributed by atoms with Gasteiger partial charge in [-0.1, -0.05) is 13.8 Å². The molecule has 0 fully saturated rings. The minimum absolute atomic E-state index is 0.208. The average molecular weight is 190 g/mol. The molecule has 3 nitrogen and oxygen atoms in total. The molecular weight excluding hydrogens is 172 g/mol. The fourth-order valence-electron chi connectivity index (χ4n) is 0.838. The first-order chi connectivity index (χ1) is 5.43. The summed E-state index contributed by atoms with van der Waals surface area (Å²) in [5, 5.41) is 16.8. The van der Waals surface area contributed by atoms with Gasteiger partial charge in [-0.15, -0.1) is 0 Å². The van der Waals surface area contributed by atoms with Crippen LogP contribution in [-0.4, -0.2) is 27.5 Å². The molecule has 0 spiro atoms. The molecule has 0 aliphatic heterocycles. The van der Waals surface area contributed by atoms with Crippen LogP contribution in [0.1, 0.15) is 27.2 Å². The molecule has 0 aromatic rings. The van der Waals surface area contributed by atoms with Crippen molar-refractivity contribution in [2.24, 2.45) is 5.73 Å². The molecule has 72 valence electrons. The second-order valence-corrected chi connectivity index (χ2v) is 4.94. The predicted molar refractivity (Wildman–Crippen MR) is 54.7 cm³/mol. The van der Waals surface area contributed by atoms with Crippen molar-refractivity contribution in [3.8, 4) is 0 Å². The molecule has 0 radical (unpaired) electrons. The number of hydrogen-bond donors (Lipinski definition) is 3. The van der Waals surface area contributed by atoms with E-state index in [1.807, 2.05) is 13.8 Å². The molecule has 0 aromatic carbocycles. The Morgan fingerprint density at radius 3 is 2.33 bits per heavy atom. The first-order valence-corrected chi connectivity index (χ1v) is 5.04. The van der Waals surface area contributed by atoms with E-state index in [9.17, 15) is 5.11 Å². The molecule has 0 aromatic heterocycles. The summed E-state index contributed by atoms with van der Waals surface area (Å²) in [5.74, 6) is 0.216. The van der Waals surface area contributed by atoms with Gasteiger partial charge in [0.2, 0.25) is 0 Å². The van der Waals surface area contributed by atoms with Crippen LogP contribution in [0, 0.1) is 5.41 Å². The summed E-state index contributed by atoms with van der Waals surface area (Å²) in [6.07, 6.45) is 0.297. The molecule has 3 atom stereocenters. The third-order valence-electron chi connectivity index (χ3n) is 1.63. The zero-order valence-corrected chi connectivity index (χ0v) is 8.69. The van der Waals surface area contributed by atoms with Gasteiger partial charge < -0.3 is 10.8 Å². The molecule has 0 aliphatic carbocycles. The second-order valence-electron chi connectivity index (χ2n) is 3.12. The van der Waals surface area contributed by atoms with Crippen molar-refractivity contribution in [2.45, 2.75) is 43.8 Å². The molecule has 0 aliphatic rings. The van der Waals surface area contributed by atoms with Crippen molar-refractivity contribution in [1.82, 2.24) is 0 Å². The first kappa shape index (κ1) is 11.8. The van der Waals surface area contributed by atoms with E-state index in [4.69, 9.17) is 11.1 Å². The highest BCUT2D eigenvalue weighted by atomic mass is 32.2. The van der Waals surface area contributed by atoms with Gasteiger partial charge in [0.1, 0.15) is 0 Å². The van der Waals surface area contributed by atoms with E-state index in [-0.39, 0.29) is 17.2 Å². The lowest BCUT2D eigenvalue weighted by Crippen LogP contribution is -2.21. The lowest BCUT2D eigenvalue weighted by atomic mass is 10.3. The lowest BCUT2D eigenvalue weighted by molar-refractivity contribution is 0.196. The van der Waals surface area contributed by atoms with Crippen molar-refractivity contribution in [1.29, 1.82) is 5.41 Å². The average Bonchev–Trinajstić information content (AvgIpc) is 1.84. The Balaban J connectivity index is 3.68. The van der Waals surface area contributed by atoms with Gasteiger partial charge in [-0.3, -0.25) is 5.41 Å². The number of thioether (sulfide) groups is 1. The van der Waals surface area contributed by atoms with Crippen LogP contribution in [0.25, 0.3) is 0 Å². The van der Waals surface area contributed by atoms with Gasteiger partial charge in [0.25, 0.3) is 0 Å². The van der Waals surface area contributed by atoms with Crippen LogP contribution in [0.3, 0.4) is 0 Å². The smallest absolute Gasteiger partial charge is 0.0916 e. The monoisotopic (exact) mass is 190 g/mol. The molecule has 0 bridgehead atoms. The molecular formula is C8H18N2OS. The fourth-order valence-corrected chi connectivity index (χ4v) is 2.07. The standard InChI is InChI=1S/C8H18N2OS/c1-5(4-8(9)10)12-7(3)6(2)11/h5-7,11H,4H2,1-3H3,(H3,9,10). The summed E-state index contributed by atoms with van der Waals surface area (Å²) in [5.41, 5.74) is 5.25. The van der Waals surface area contributed by atoms with Crippen LogP contribution >= 0.6 is 11.8 Å². The van der Waals surface area contributed by atoms with Crippen LogP contribution in [-0.2, 0) is 0 Å². The first-order valence-electron chi connectivity index (χ1n) is 4.10. The van der Waals surface area contributed by atoms with E-state index in [1.165, 1.54) is 0 Å². The van der Waals surface area contributed by atoms with Gasteiger partial charge in [0.05, 0.1) is 11.9 Å². The topological polar surface area (TPSA) is 70.1 Å². The Labute approximate surface area is 78.2 Å². The van der Waals surface area contributed by atoms with Crippen molar-refractivity contribution in [3.05, 3.63) is 0 Å². The molecule has 0 saturated carbocycles. The quantitative estimate of drug-likeness (QED) is 0.451. The van der Waals surface area contributed by atoms with Crippen molar-refractivity contribution >= 4 is 17.6 Å². The molecule has 0 heterocycles. The molecule has 4 heteroatoms. The highest BCUT2D eigenvalue weighted by Gasteiger charge is 2.13. The van der Waals surface area contributed by atoms with Gasteiger partial charge >= 0.3 is 0 Å². The van der Waals surface area contributed by atoms with Gasteiger partial charge in [0, 0.05) is 16.9 Å². The van der Waals surface area contributed by atoms with E-state index < -0.39 is 0 Å². The summed E-state index contributed by atoms with van der Waals surface area (Å²) in [7, 11) is 0. The zero-order valence-electron chi connectivity index (χ0n) is 7.87. The van der Waals surface area contributed by atoms with Gasteiger partial charge in [-0.2, -0.15) is 11.8 Å². The number of aliphatic hydroxyl groups excluding tert-OH is 1. The molecule has 3 unspecified atom stereocenters. The minimum atomic E-state index is -0.301. The van der Waals surface area contributed by atoms with Crippen LogP contribution in [0.2, 0.25) is 0 Å². The molecule has 4 N–H and O–H groups in total. The third kappa shape index (κ3) is 5.43. The second kappa shape index (κ2) is 5.43. The van der Waals surface area contributed by atoms with E-state index in [2.05, 4.69) is 0 Å². The largest absolute Gasteiger partial charge is 0.392 e. The van der Waals surface area contributed by atoms with E-state index in [1.54, 1.807) is 18.7 Å². The van der Waals surface area contributed by atoms with E-state index >= 15 is 0 Å². The summed E-state index contributed by atoms with van der Waals surface area (Å²) < 4.78 is 0. The van der Waals surface area contributed by atoms with Crippen molar-refractivity contribution in [3.63, 3.8) is 0 Å². The van der Waals surface area contributed by atoms with E-state index in [0.29, 0.717) is 11.7 Å². The molecule has 0 amide bonds. The van der Waals surface area contributed by atoms with Crippen LogP contribution in [0.5, 0.6) is 0 Å². The summed E-state index contributed by atoms with van der Waals surface area (Å²) >= 11 is 1.67. The maximum Gasteiger partial charge on any atom is 0.0916 e. The summed E-state index contributed by atoms with van der Waals surface area (Å²) in [6.45, 7) is 5.77. The van der Waals surface area contributed by atoms with Crippen LogP contribution in [0.15, 0.2) is 0 Å². The number of nitrogens with one attached hydrogen (secondary N) is 1. The highest BCUT2D eigenvalue weighted by molar-refractivity contribution is 8.00. The van der Waals surface area contributed by atoms with Crippen LogP contribution in [0.4, 0.5) is 0 Å². The number of hydrogen-bond acceptors (Lipinski definition) is 3. The Morgan fingerprint density at radius 1 is 1.50 bits per heavy atom. The number of nitrogens with two attached hydrogens (primary N) is 1. The predicted octanol–water partition coefficient (Wildman–Crippen LogP) is 1.20. The van der Waals surface area contributed by atoms with Gasteiger partial charge in [0.15, 0.2) is 0 Å². The van der Waals surface area contributed by atoms with Gasteiger partial charge in [-0.05, 0) is 6.92 Å². The number of amidine groups is 1. The SMILES string of the molecule is CC(CC(=N)N)SC(C)C(C)O. The van der Waals surface area contributed by atoms with Gasteiger partial charge in [-0.25, -0.2) is 0 Å². The van der Waals surface area contributed by atoms with Crippen molar-refractivity contribution < 1.29 is 5.11 Å². The maximum absolute atomic E-state index is 9.20. The minimum Gasteiger partial charge on any atom is -0.392 e. The molecule has 12 heavy (non-hydrogen) atoms. The van der Waals surface area contributed by atoms with Crippen molar-refractivity contribution in [2.75, 3.05) is 0 Å². The molecule has 0 saturated heterocycles. The third-order valence-corrected chi connectivity index (χ3v) is 3.09. The van der Waals surface area contributed by atoms with Crippen LogP contribution < -0.4 is 5.73 Å². The zero-order chi connectivity index (χ0) is 9.72. The summed E-state index contributed by atoms with van der Waals surface area (Å²) in [4.78, 5) is 0. The molecule has 0 rings (SSSR count).